The summed E-state index contributed by atoms with van der Waals surface area (Å²) in [6, 6.07) is 0. The highest BCUT2D eigenvalue weighted by atomic mass is 35.5. The van der Waals surface area contributed by atoms with Crippen LogP contribution in [0, 0.1) is 11.8 Å². The van der Waals surface area contributed by atoms with Crippen molar-refractivity contribution in [2.24, 2.45) is 11.8 Å². The van der Waals surface area contributed by atoms with E-state index in [2.05, 4.69) is 6.58 Å². The molecule has 0 fully saturated rings. The van der Waals surface area contributed by atoms with Gasteiger partial charge in [0.1, 0.15) is 0 Å². The summed E-state index contributed by atoms with van der Waals surface area (Å²) in [5, 5.41) is -1.15. The molecule has 1 aliphatic rings. The molecule has 4 heteroatoms. The molecule has 2 nitrogen and oxygen atoms in total. The third-order valence-electron chi connectivity index (χ3n) is 2.03. The number of allylic oxidation sites excluding steroid dienone is 3. The van der Waals surface area contributed by atoms with Crippen LogP contribution in [0.1, 0.15) is 6.42 Å². The minimum absolute atomic E-state index is 0.573. The minimum Gasteiger partial charge on any atom is -0.281 e. The van der Waals surface area contributed by atoms with Crippen LogP contribution in [0.2, 0.25) is 0 Å². The Morgan fingerprint density at radius 2 is 2.00 bits per heavy atom. The lowest BCUT2D eigenvalue weighted by Gasteiger charge is -2.23. The Morgan fingerprint density at radius 1 is 1.38 bits per heavy atom. The minimum atomic E-state index is -0.656. The van der Waals surface area contributed by atoms with Gasteiger partial charge in [-0.2, -0.15) is 0 Å². The standard InChI is InChI=1S/C9H8Cl2O2/c1-5-3-2-4-6(8(10)12)7(5)9(11)13/h2,4,6-7H,1,3H2. The van der Waals surface area contributed by atoms with Gasteiger partial charge >= 0.3 is 0 Å². The van der Waals surface area contributed by atoms with E-state index in [1.165, 1.54) is 0 Å². The summed E-state index contributed by atoms with van der Waals surface area (Å²) in [4.78, 5) is 21.9. The van der Waals surface area contributed by atoms with E-state index >= 15 is 0 Å². The van der Waals surface area contributed by atoms with E-state index in [-0.39, 0.29) is 0 Å². The second-order valence-electron chi connectivity index (χ2n) is 2.90. The van der Waals surface area contributed by atoms with Gasteiger partial charge in [-0.05, 0) is 29.6 Å². The van der Waals surface area contributed by atoms with Crippen LogP contribution in [0.3, 0.4) is 0 Å². The molecule has 0 spiro atoms. The summed E-state index contributed by atoms with van der Waals surface area (Å²) in [5.41, 5.74) is 0.640. The van der Waals surface area contributed by atoms with Gasteiger partial charge in [0.2, 0.25) is 10.5 Å². The molecule has 0 saturated heterocycles. The predicted molar refractivity (Wildman–Crippen MR) is 51.6 cm³/mol. The Kier molecular flexibility index (Phi) is 3.28. The van der Waals surface area contributed by atoms with Gasteiger partial charge in [-0.1, -0.05) is 24.3 Å². The van der Waals surface area contributed by atoms with Gasteiger partial charge in [-0.25, -0.2) is 0 Å². The van der Waals surface area contributed by atoms with Crippen molar-refractivity contribution >= 4 is 33.7 Å². The van der Waals surface area contributed by atoms with Gasteiger partial charge in [-0.15, -0.1) is 0 Å². The van der Waals surface area contributed by atoms with Crippen LogP contribution in [-0.4, -0.2) is 10.5 Å². The van der Waals surface area contributed by atoms with E-state index in [1.54, 1.807) is 12.2 Å². The summed E-state index contributed by atoms with van der Waals surface area (Å²) >= 11 is 10.7. The van der Waals surface area contributed by atoms with Crippen molar-refractivity contribution in [1.82, 2.24) is 0 Å². The van der Waals surface area contributed by atoms with E-state index in [1.807, 2.05) is 0 Å². The van der Waals surface area contributed by atoms with Gasteiger partial charge in [0.25, 0.3) is 0 Å². The van der Waals surface area contributed by atoms with Gasteiger partial charge < -0.3 is 0 Å². The second kappa shape index (κ2) is 4.07. The molecule has 0 heterocycles. The van der Waals surface area contributed by atoms with Crippen molar-refractivity contribution in [3.63, 3.8) is 0 Å². The molecule has 70 valence electrons. The second-order valence-corrected chi connectivity index (χ2v) is 3.65. The van der Waals surface area contributed by atoms with Crippen LogP contribution in [-0.2, 0) is 9.59 Å². The van der Waals surface area contributed by atoms with Crippen LogP contribution in [0.15, 0.2) is 24.3 Å². The van der Waals surface area contributed by atoms with Crippen molar-refractivity contribution in [2.75, 3.05) is 0 Å². The Labute approximate surface area is 86.2 Å². The molecule has 1 rings (SSSR count). The molecule has 0 aromatic rings. The highest BCUT2D eigenvalue weighted by Gasteiger charge is 2.33. The highest BCUT2D eigenvalue weighted by molar-refractivity contribution is 6.67. The van der Waals surface area contributed by atoms with E-state index in [4.69, 9.17) is 23.2 Å². The van der Waals surface area contributed by atoms with Crippen molar-refractivity contribution in [3.05, 3.63) is 24.3 Å². The van der Waals surface area contributed by atoms with Crippen molar-refractivity contribution in [3.8, 4) is 0 Å². The Balaban J connectivity index is 2.98. The predicted octanol–water partition coefficient (Wildman–Crippen LogP) is 2.27. The van der Waals surface area contributed by atoms with Crippen LogP contribution in [0.5, 0.6) is 0 Å². The molecule has 0 N–H and O–H groups in total. The average Bonchev–Trinajstić information content (AvgIpc) is 2.02. The molecule has 1 aliphatic carbocycles. The number of hydrogen-bond acceptors (Lipinski definition) is 2. The maximum absolute atomic E-state index is 11.0. The maximum Gasteiger partial charge on any atom is 0.229 e. The Hall–Kier alpha value is -0.600. The van der Waals surface area contributed by atoms with Gasteiger partial charge in [-0.3, -0.25) is 9.59 Å². The highest BCUT2D eigenvalue weighted by Crippen LogP contribution is 2.31. The molecule has 0 amide bonds. The molecule has 0 aromatic carbocycles. The number of hydrogen-bond donors (Lipinski definition) is 0. The van der Waals surface area contributed by atoms with Crippen molar-refractivity contribution < 1.29 is 9.59 Å². The van der Waals surface area contributed by atoms with Crippen LogP contribution < -0.4 is 0 Å². The summed E-state index contributed by atoms with van der Waals surface area (Å²) < 4.78 is 0. The molecule has 2 atom stereocenters. The lowest BCUT2D eigenvalue weighted by atomic mass is 9.82. The molecule has 13 heavy (non-hydrogen) atoms. The zero-order valence-corrected chi connectivity index (χ0v) is 8.31. The smallest absolute Gasteiger partial charge is 0.229 e. The third kappa shape index (κ3) is 2.20. The fraction of sp³-hybridized carbons (Fsp3) is 0.333. The van der Waals surface area contributed by atoms with Gasteiger partial charge in [0.05, 0.1) is 11.8 Å². The molecule has 0 aromatic heterocycles. The first-order valence-corrected chi connectivity index (χ1v) is 4.52. The lowest BCUT2D eigenvalue weighted by molar-refractivity contribution is -0.121. The molecule has 0 bridgehead atoms. The first-order chi connectivity index (χ1) is 6.04. The largest absolute Gasteiger partial charge is 0.281 e. The SMILES string of the molecule is C=C1CC=CC(C(=O)Cl)C1C(=O)Cl. The molecule has 2 unspecified atom stereocenters. The maximum atomic E-state index is 11.0. The fourth-order valence-electron chi connectivity index (χ4n) is 1.37. The summed E-state index contributed by atoms with van der Waals surface area (Å²) in [6.07, 6.45) is 3.95. The molecule has 0 aliphatic heterocycles. The van der Waals surface area contributed by atoms with E-state index < -0.39 is 22.3 Å². The van der Waals surface area contributed by atoms with E-state index in [0.29, 0.717) is 12.0 Å². The topological polar surface area (TPSA) is 34.1 Å². The zero-order chi connectivity index (χ0) is 10.0. The van der Waals surface area contributed by atoms with Crippen molar-refractivity contribution in [1.29, 1.82) is 0 Å². The first-order valence-electron chi connectivity index (χ1n) is 3.77. The number of carbonyl (C=O) groups excluding carboxylic acids is 2. The number of rotatable bonds is 2. The van der Waals surface area contributed by atoms with E-state index in [9.17, 15) is 9.59 Å². The number of carbonyl (C=O) groups is 2. The van der Waals surface area contributed by atoms with E-state index in [0.717, 1.165) is 0 Å². The molecular weight excluding hydrogens is 211 g/mol. The van der Waals surface area contributed by atoms with Gasteiger partial charge in [0.15, 0.2) is 0 Å². The molecular formula is C9H8Cl2O2. The number of halogens is 2. The lowest BCUT2D eigenvalue weighted by Crippen LogP contribution is -2.27. The van der Waals surface area contributed by atoms with Crippen LogP contribution >= 0.6 is 23.2 Å². The summed E-state index contributed by atoms with van der Waals surface area (Å²) in [7, 11) is 0. The van der Waals surface area contributed by atoms with Crippen molar-refractivity contribution in [2.45, 2.75) is 6.42 Å². The average molecular weight is 219 g/mol. The molecule has 0 radical (unpaired) electrons. The first kappa shape index (κ1) is 10.5. The Morgan fingerprint density at radius 3 is 2.38 bits per heavy atom. The quantitative estimate of drug-likeness (QED) is 0.527. The van der Waals surface area contributed by atoms with Crippen LogP contribution in [0.25, 0.3) is 0 Å². The summed E-state index contributed by atoms with van der Waals surface area (Å²) in [6.45, 7) is 3.68. The zero-order valence-electron chi connectivity index (χ0n) is 6.80. The van der Waals surface area contributed by atoms with Crippen LogP contribution in [0.4, 0.5) is 0 Å². The Bertz CT molecular complexity index is 294. The third-order valence-corrected chi connectivity index (χ3v) is 2.52. The normalized spacial score (nSPS) is 27.4. The van der Waals surface area contributed by atoms with Gasteiger partial charge in [0, 0.05) is 0 Å². The molecule has 0 saturated carbocycles. The fourth-order valence-corrected chi connectivity index (χ4v) is 1.86. The monoisotopic (exact) mass is 218 g/mol. The summed E-state index contributed by atoms with van der Waals surface area (Å²) in [5.74, 6) is -1.30.